The van der Waals surface area contributed by atoms with Crippen molar-refractivity contribution in [2.75, 3.05) is 12.8 Å². The molecule has 1 saturated heterocycles. The fourth-order valence-electron chi connectivity index (χ4n) is 4.36. The van der Waals surface area contributed by atoms with Crippen molar-refractivity contribution >= 4 is 15.9 Å². The minimum Gasteiger partial charge on any atom is -0.331 e. The number of piperidine rings is 1. The molecule has 166 valence electrons. The van der Waals surface area contributed by atoms with E-state index in [-0.39, 0.29) is 30.4 Å². The summed E-state index contributed by atoms with van der Waals surface area (Å²) in [5.41, 5.74) is 1.22. The third-order valence-electron chi connectivity index (χ3n) is 5.93. The van der Waals surface area contributed by atoms with E-state index in [9.17, 15) is 13.2 Å². The van der Waals surface area contributed by atoms with Crippen molar-refractivity contribution in [1.82, 2.24) is 9.62 Å². The largest absolute Gasteiger partial charge is 0.331 e. The number of amides is 1. The van der Waals surface area contributed by atoms with Crippen molar-refractivity contribution in [3.8, 4) is 11.1 Å². The van der Waals surface area contributed by atoms with Crippen LogP contribution >= 0.6 is 0 Å². The minimum absolute atomic E-state index is 0.204. The van der Waals surface area contributed by atoms with Crippen molar-refractivity contribution < 1.29 is 22.0 Å². The second-order valence-electron chi connectivity index (χ2n) is 8.46. The number of likely N-dealkylation sites (tertiary alicyclic amines) is 1. The van der Waals surface area contributed by atoms with Crippen LogP contribution in [0.3, 0.4) is 0 Å². The Morgan fingerprint density at radius 1 is 1.03 bits per heavy atom. The third-order valence-corrected chi connectivity index (χ3v) is 6.66. The van der Waals surface area contributed by atoms with Crippen LogP contribution in [0.2, 0.25) is 0 Å². The van der Waals surface area contributed by atoms with E-state index in [1.54, 1.807) is 12.1 Å². The van der Waals surface area contributed by atoms with Gasteiger partial charge in [-0.05, 0) is 42.9 Å². The fourth-order valence-corrected chi connectivity index (χ4v) is 5.16. The van der Waals surface area contributed by atoms with Crippen LogP contribution in [-0.2, 0) is 20.7 Å². The van der Waals surface area contributed by atoms with E-state index in [0.29, 0.717) is 24.8 Å². The van der Waals surface area contributed by atoms with Crippen LogP contribution in [0.5, 0.6) is 0 Å². The van der Waals surface area contributed by atoms with Crippen LogP contribution in [0.1, 0.15) is 31.2 Å². The molecule has 2 fully saturated rings. The number of hydrogen-bond donors (Lipinski definition) is 1. The highest BCUT2D eigenvalue weighted by atomic mass is 32.2. The highest BCUT2D eigenvalue weighted by molar-refractivity contribution is 7.88. The summed E-state index contributed by atoms with van der Waals surface area (Å²) in [7, 11) is -3.73. The van der Waals surface area contributed by atoms with E-state index >= 15 is 8.78 Å². The first-order valence-corrected chi connectivity index (χ1v) is 12.4. The maximum atomic E-state index is 16.0. The van der Waals surface area contributed by atoms with Crippen LogP contribution in [0.15, 0.2) is 54.6 Å². The summed E-state index contributed by atoms with van der Waals surface area (Å²) in [6.07, 6.45) is 3.07. The molecule has 2 aromatic carbocycles. The number of benzene rings is 2. The Morgan fingerprint density at radius 3 is 2.35 bits per heavy atom. The fraction of sp³-hybridized carbons (Fsp3) is 0.435. The van der Waals surface area contributed by atoms with E-state index in [2.05, 4.69) is 4.72 Å². The molecule has 1 saturated carbocycles. The average molecular weight is 449 g/mol. The van der Waals surface area contributed by atoms with Crippen LogP contribution < -0.4 is 4.72 Å². The number of nitrogens with zero attached hydrogens (tertiary/aromatic N) is 1. The Hall–Kier alpha value is -2.32. The number of carbonyl (C=O) groups is 1. The Bertz CT molecular complexity index is 1060. The molecule has 31 heavy (non-hydrogen) atoms. The summed E-state index contributed by atoms with van der Waals surface area (Å²) in [5, 5.41) is 0. The van der Waals surface area contributed by atoms with Crippen molar-refractivity contribution in [2.24, 2.45) is 5.92 Å². The van der Waals surface area contributed by atoms with Crippen molar-refractivity contribution in [3.63, 3.8) is 0 Å². The normalized spacial score (nSPS) is 22.4. The van der Waals surface area contributed by atoms with E-state index in [0.717, 1.165) is 11.8 Å². The van der Waals surface area contributed by atoms with E-state index in [1.807, 2.05) is 30.3 Å². The topological polar surface area (TPSA) is 66.5 Å². The van der Waals surface area contributed by atoms with Gasteiger partial charge in [-0.25, -0.2) is 13.1 Å². The van der Waals surface area contributed by atoms with Gasteiger partial charge in [0.2, 0.25) is 15.9 Å². The zero-order valence-corrected chi connectivity index (χ0v) is 18.1. The number of sulfonamides is 1. The smallest absolute Gasteiger partial charge is 0.294 e. The van der Waals surface area contributed by atoms with Gasteiger partial charge in [-0.3, -0.25) is 4.79 Å². The summed E-state index contributed by atoms with van der Waals surface area (Å²) in [6, 6.07) is 12.7. The Labute approximate surface area is 181 Å². The molecule has 1 amide bonds. The molecule has 1 heterocycles. The zero-order chi connectivity index (χ0) is 22.2. The summed E-state index contributed by atoms with van der Waals surface area (Å²) >= 11 is 0. The Morgan fingerprint density at radius 2 is 1.71 bits per heavy atom. The van der Waals surface area contributed by atoms with E-state index in [4.69, 9.17) is 0 Å². The molecule has 1 N–H and O–H groups in total. The molecule has 0 radical (unpaired) electrons. The third kappa shape index (κ3) is 4.80. The molecule has 0 spiro atoms. The lowest BCUT2D eigenvalue weighted by molar-refractivity contribution is -0.155. The summed E-state index contributed by atoms with van der Waals surface area (Å²) in [5.74, 6) is -3.96. The summed E-state index contributed by atoms with van der Waals surface area (Å²) < 4.78 is 58.3. The molecule has 2 atom stereocenters. The molecule has 2 aromatic rings. The highest BCUT2D eigenvalue weighted by Gasteiger charge is 2.54. The van der Waals surface area contributed by atoms with Crippen LogP contribution in [0, 0.1) is 5.92 Å². The second-order valence-corrected chi connectivity index (χ2v) is 10.2. The number of rotatable bonds is 6. The van der Waals surface area contributed by atoms with Gasteiger partial charge in [0.15, 0.2) is 0 Å². The van der Waals surface area contributed by atoms with E-state index < -0.39 is 28.0 Å². The van der Waals surface area contributed by atoms with Crippen LogP contribution in [0.4, 0.5) is 8.78 Å². The summed E-state index contributed by atoms with van der Waals surface area (Å²) in [4.78, 5) is 14.1. The Balaban J connectivity index is 1.74. The second kappa shape index (κ2) is 8.31. The molecule has 4 rings (SSSR count). The molecule has 0 bridgehead atoms. The minimum atomic E-state index is -3.73. The maximum absolute atomic E-state index is 16.0. The van der Waals surface area contributed by atoms with Gasteiger partial charge in [0.1, 0.15) is 6.04 Å². The lowest BCUT2D eigenvalue weighted by atomic mass is 9.87. The van der Waals surface area contributed by atoms with Gasteiger partial charge < -0.3 is 4.90 Å². The predicted octanol–water partition coefficient (Wildman–Crippen LogP) is 3.76. The van der Waals surface area contributed by atoms with Crippen molar-refractivity contribution in [1.29, 1.82) is 0 Å². The molecular formula is C23H26F2N2O3S. The number of alkyl halides is 2. The zero-order valence-electron chi connectivity index (χ0n) is 17.3. The highest BCUT2D eigenvalue weighted by Crippen LogP contribution is 2.43. The van der Waals surface area contributed by atoms with Gasteiger partial charge in [-0.1, -0.05) is 48.5 Å². The number of halogens is 2. The molecule has 1 aliphatic carbocycles. The monoisotopic (exact) mass is 448 g/mol. The number of nitrogens with one attached hydrogen (secondary N) is 1. The number of carbonyl (C=O) groups excluding carboxylic acids is 1. The van der Waals surface area contributed by atoms with Gasteiger partial charge in [-0.2, -0.15) is 8.78 Å². The average Bonchev–Trinajstić information content (AvgIpc) is 3.58. The molecule has 5 nitrogen and oxygen atoms in total. The lowest BCUT2D eigenvalue weighted by Crippen LogP contribution is -2.63. The SMILES string of the molecule is CS(=O)(=O)N[C@@H]1CCCN(C(=O)C2CC2)[C@@H]1C(F)(F)c1cccc(-c2ccccc2)c1. The van der Waals surface area contributed by atoms with Gasteiger partial charge >= 0.3 is 0 Å². The van der Waals surface area contributed by atoms with Gasteiger partial charge in [0.05, 0.1) is 6.26 Å². The molecular weight excluding hydrogens is 422 g/mol. The van der Waals surface area contributed by atoms with E-state index in [1.165, 1.54) is 17.0 Å². The molecule has 0 aromatic heterocycles. The molecule has 0 unspecified atom stereocenters. The molecule has 8 heteroatoms. The van der Waals surface area contributed by atoms with Gasteiger partial charge in [0.25, 0.3) is 5.92 Å². The van der Waals surface area contributed by atoms with Gasteiger partial charge in [-0.15, -0.1) is 0 Å². The van der Waals surface area contributed by atoms with Gasteiger partial charge in [0, 0.05) is 24.1 Å². The van der Waals surface area contributed by atoms with Crippen molar-refractivity contribution in [3.05, 3.63) is 60.2 Å². The first-order chi connectivity index (χ1) is 14.7. The first kappa shape index (κ1) is 21.9. The number of hydrogen-bond acceptors (Lipinski definition) is 3. The lowest BCUT2D eigenvalue weighted by Gasteiger charge is -2.45. The van der Waals surface area contributed by atoms with Crippen LogP contribution in [-0.4, -0.2) is 44.1 Å². The quantitative estimate of drug-likeness (QED) is 0.732. The standard InChI is InChI=1S/C23H26F2N2O3S/c1-31(29,30)26-20-11-6-14-27(22(28)17-12-13-17)21(20)23(24,25)19-10-5-9-18(15-19)16-7-3-2-4-8-16/h2-5,7-10,15,17,20-21,26H,6,11-14H2,1H3/t20-,21+/m1/s1. The summed E-state index contributed by atoms with van der Waals surface area (Å²) in [6.45, 7) is 0.204. The van der Waals surface area contributed by atoms with Crippen molar-refractivity contribution in [2.45, 2.75) is 43.7 Å². The molecule has 2 aliphatic rings. The Kier molecular flexibility index (Phi) is 5.87. The first-order valence-electron chi connectivity index (χ1n) is 10.5. The maximum Gasteiger partial charge on any atom is 0.294 e. The van der Waals surface area contributed by atoms with Crippen LogP contribution in [0.25, 0.3) is 11.1 Å². The molecule has 1 aliphatic heterocycles. The predicted molar refractivity (Wildman–Crippen MR) is 115 cm³/mol.